The van der Waals surface area contributed by atoms with Gasteiger partial charge in [0.2, 0.25) is 0 Å². The predicted molar refractivity (Wildman–Crippen MR) is 80.3 cm³/mol. The predicted octanol–water partition coefficient (Wildman–Crippen LogP) is 3.15. The van der Waals surface area contributed by atoms with Gasteiger partial charge in [-0.1, -0.05) is 12.1 Å². The summed E-state index contributed by atoms with van der Waals surface area (Å²) in [4.78, 5) is 3.79. The second-order valence-corrected chi connectivity index (χ2v) is 6.06. The number of nitrogens with one attached hydrogen (secondary N) is 1. The molecule has 0 aromatic heterocycles. The van der Waals surface area contributed by atoms with E-state index in [0.717, 1.165) is 6.54 Å². The fourth-order valence-corrected chi connectivity index (χ4v) is 2.96. The summed E-state index contributed by atoms with van der Waals surface area (Å²) in [7, 11) is 2.23. The Labute approximate surface area is 115 Å². The fraction of sp³-hybridized carbons (Fsp3) is 0.600. The van der Waals surface area contributed by atoms with E-state index in [2.05, 4.69) is 54.7 Å². The Kier molecular flexibility index (Phi) is 5.10. The SMILES string of the molecule is CSc1ccc(C(C)N(C)CC2CCCN2)cc1. The van der Waals surface area contributed by atoms with Crippen LogP contribution in [0.25, 0.3) is 0 Å². The van der Waals surface area contributed by atoms with Crippen LogP contribution in [0.5, 0.6) is 0 Å². The summed E-state index contributed by atoms with van der Waals surface area (Å²) in [5.74, 6) is 0. The highest BCUT2D eigenvalue weighted by molar-refractivity contribution is 7.98. The molecule has 1 N–H and O–H groups in total. The minimum atomic E-state index is 0.489. The Hall–Kier alpha value is -0.510. The summed E-state index contributed by atoms with van der Waals surface area (Å²) in [6.45, 7) is 4.63. The molecule has 0 bridgehead atoms. The van der Waals surface area contributed by atoms with Gasteiger partial charge < -0.3 is 5.32 Å². The van der Waals surface area contributed by atoms with Crippen LogP contribution < -0.4 is 5.32 Å². The molecule has 1 saturated heterocycles. The monoisotopic (exact) mass is 264 g/mol. The molecule has 1 aromatic rings. The van der Waals surface area contributed by atoms with Crippen molar-refractivity contribution in [3.05, 3.63) is 29.8 Å². The van der Waals surface area contributed by atoms with Crippen molar-refractivity contribution in [2.24, 2.45) is 0 Å². The van der Waals surface area contributed by atoms with Gasteiger partial charge in [-0.2, -0.15) is 0 Å². The topological polar surface area (TPSA) is 15.3 Å². The van der Waals surface area contributed by atoms with E-state index in [9.17, 15) is 0 Å². The number of nitrogens with zero attached hydrogens (tertiary/aromatic N) is 1. The first-order valence-electron chi connectivity index (χ1n) is 6.78. The van der Waals surface area contributed by atoms with E-state index < -0.39 is 0 Å². The molecule has 2 nitrogen and oxygen atoms in total. The van der Waals surface area contributed by atoms with E-state index in [1.165, 1.54) is 29.8 Å². The lowest BCUT2D eigenvalue weighted by Gasteiger charge is -2.28. The largest absolute Gasteiger partial charge is 0.313 e. The van der Waals surface area contributed by atoms with Gasteiger partial charge in [0.1, 0.15) is 0 Å². The normalized spacial score (nSPS) is 21.4. The second kappa shape index (κ2) is 6.60. The molecular formula is C15H24N2S. The quantitative estimate of drug-likeness (QED) is 0.823. The Morgan fingerprint density at radius 2 is 2.11 bits per heavy atom. The van der Waals surface area contributed by atoms with Gasteiger partial charge in [0.05, 0.1) is 0 Å². The molecule has 1 aliphatic heterocycles. The standard InChI is InChI=1S/C15H24N2S/c1-12(13-6-8-15(18-3)9-7-13)17(2)11-14-5-4-10-16-14/h6-9,12,14,16H,4-5,10-11H2,1-3H3. The number of hydrogen-bond donors (Lipinski definition) is 1. The Balaban J connectivity index is 1.93. The third-order valence-electron chi connectivity index (χ3n) is 3.93. The zero-order valence-corrected chi connectivity index (χ0v) is 12.5. The van der Waals surface area contributed by atoms with Crippen molar-refractivity contribution in [1.82, 2.24) is 10.2 Å². The molecule has 100 valence electrons. The number of rotatable bonds is 5. The molecule has 0 spiro atoms. The first-order chi connectivity index (χ1) is 8.70. The molecule has 2 atom stereocenters. The molecule has 2 unspecified atom stereocenters. The maximum atomic E-state index is 3.57. The summed E-state index contributed by atoms with van der Waals surface area (Å²) in [5.41, 5.74) is 1.41. The van der Waals surface area contributed by atoms with Gasteiger partial charge in [-0.3, -0.25) is 4.90 Å². The van der Waals surface area contributed by atoms with Crippen molar-refractivity contribution in [1.29, 1.82) is 0 Å². The molecule has 1 aromatic carbocycles. The smallest absolute Gasteiger partial charge is 0.0317 e. The lowest BCUT2D eigenvalue weighted by atomic mass is 10.1. The van der Waals surface area contributed by atoms with E-state index in [0.29, 0.717) is 12.1 Å². The van der Waals surface area contributed by atoms with Gasteiger partial charge in [0.25, 0.3) is 0 Å². The van der Waals surface area contributed by atoms with Crippen LogP contribution in [0.1, 0.15) is 31.4 Å². The Morgan fingerprint density at radius 1 is 1.39 bits per heavy atom. The van der Waals surface area contributed by atoms with Crippen molar-refractivity contribution in [3.63, 3.8) is 0 Å². The number of thioether (sulfide) groups is 1. The molecule has 1 heterocycles. The molecule has 2 rings (SSSR count). The van der Waals surface area contributed by atoms with Gasteiger partial charge in [-0.05, 0) is 57.3 Å². The molecule has 0 radical (unpaired) electrons. The average Bonchev–Trinajstić information content (AvgIpc) is 2.91. The van der Waals surface area contributed by atoms with Crippen LogP contribution in [0.4, 0.5) is 0 Å². The van der Waals surface area contributed by atoms with Crippen molar-refractivity contribution in [3.8, 4) is 0 Å². The average molecular weight is 264 g/mol. The maximum Gasteiger partial charge on any atom is 0.0317 e. The van der Waals surface area contributed by atoms with E-state index in [1.54, 1.807) is 11.8 Å². The molecule has 1 fully saturated rings. The second-order valence-electron chi connectivity index (χ2n) is 5.18. The molecule has 18 heavy (non-hydrogen) atoms. The Bertz CT molecular complexity index is 357. The van der Waals surface area contributed by atoms with Gasteiger partial charge >= 0.3 is 0 Å². The lowest BCUT2D eigenvalue weighted by Crippen LogP contribution is -2.36. The summed E-state index contributed by atoms with van der Waals surface area (Å²) in [6, 6.07) is 10.1. The van der Waals surface area contributed by atoms with Crippen LogP contribution in [-0.2, 0) is 0 Å². The highest BCUT2D eigenvalue weighted by atomic mass is 32.2. The number of benzene rings is 1. The third kappa shape index (κ3) is 3.50. The molecule has 0 saturated carbocycles. The minimum Gasteiger partial charge on any atom is -0.313 e. The highest BCUT2D eigenvalue weighted by Crippen LogP contribution is 2.23. The molecule has 3 heteroatoms. The van der Waals surface area contributed by atoms with E-state index in [-0.39, 0.29) is 0 Å². The van der Waals surface area contributed by atoms with E-state index in [1.807, 2.05) is 0 Å². The first-order valence-corrected chi connectivity index (χ1v) is 8.00. The van der Waals surface area contributed by atoms with Crippen LogP contribution in [0, 0.1) is 0 Å². The Morgan fingerprint density at radius 3 is 2.67 bits per heavy atom. The lowest BCUT2D eigenvalue weighted by molar-refractivity contribution is 0.238. The molecular weight excluding hydrogens is 240 g/mol. The third-order valence-corrected chi connectivity index (χ3v) is 4.67. The van der Waals surface area contributed by atoms with Crippen molar-refractivity contribution in [2.45, 2.75) is 36.7 Å². The van der Waals surface area contributed by atoms with Gasteiger partial charge in [0, 0.05) is 23.5 Å². The van der Waals surface area contributed by atoms with Crippen LogP contribution in [-0.4, -0.2) is 37.3 Å². The van der Waals surface area contributed by atoms with Gasteiger partial charge in [-0.15, -0.1) is 11.8 Å². The van der Waals surface area contributed by atoms with Crippen molar-refractivity contribution >= 4 is 11.8 Å². The van der Waals surface area contributed by atoms with E-state index >= 15 is 0 Å². The van der Waals surface area contributed by atoms with Crippen LogP contribution in [0.2, 0.25) is 0 Å². The zero-order valence-electron chi connectivity index (χ0n) is 11.6. The van der Waals surface area contributed by atoms with Crippen molar-refractivity contribution < 1.29 is 0 Å². The summed E-state index contributed by atoms with van der Waals surface area (Å²) >= 11 is 1.80. The highest BCUT2D eigenvalue weighted by Gasteiger charge is 2.19. The van der Waals surface area contributed by atoms with Crippen molar-refractivity contribution in [2.75, 3.05) is 26.4 Å². The van der Waals surface area contributed by atoms with Gasteiger partial charge in [0.15, 0.2) is 0 Å². The first kappa shape index (κ1) is 13.9. The van der Waals surface area contributed by atoms with E-state index in [4.69, 9.17) is 0 Å². The zero-order chi connectivity index (χ0) is 13.0. The van der Waals surface area contributed by atoms with Gasteiger partial charge in [-0.25, -0.2) is 0 Å². The summed E-state index contributed by atoms with van der Waals surface area (Å²) < 4.78 is 0. The molecule has 0 amide bonds. The minimum absolute atomic E-state index is 0.489. The van der Waals surface area contributed by atoms with Crippen LogP contribution >= 0.6 is 11.8 Å². The molecule has 1 aliphatic rings. The summed E-state index contributed by atoms with van der Waals surface area (Å²) in [6.07, 6.45) is 4.77. The fourth-order valence-electron chi connectivity index (χ4n) is 2.56. The van der Waals surface area contributed by atoms with Crippen LogP contribution in [0.15, 0.2) is 29.2 Å². The number of hydrogen-bond acceptors (Lipinski definition) is 3. The number of likely N-dealkylation sites (N-methyl/N-ethyl adjacent to an activating group) is 1. The van der Waals surface area contributed by atoms with Crippen LogP contribution in [0.3, 0.4) is 0 Å². The molecule has 0 aliphatic carbocycles. The summed E-state index contributed by atoms with van der Waals surface area (Å²) in [5, 5.41) is 3.57. The maximum absolute atomic E-state index is 3.57.